The molecule has 10 heteroatoms. The number of rotatable bonds is 4. The third-order valence-electron chi connectivity index (χ3n) is 3.42. The van der Waals surface area contributed by atoms with E-state index in [9.17, 15) is 18.0 Å². The van der Waals surface area contributed by atoms with Crippen LogP contribution in [0.15, 0.2) is 16.5 Å². The second kappa shape index (κ2) is 6.59. The molecule has 0 aliphatic carbocycles. The lowest BCUT2D eigenvalue weighted by atomic mass is 10.1. The molecule has 1 N–H and O–H groups in total. The number of nitrogens with zero attached hydrogens (tertiary/aromatic N) is 1. The van der Waals surface area contributed by atoms with Crippen LogP contribution in [0.4, 0.5) is 5.69 Å². The number of sulfonamides is 1. The van der Waals surface area contributed by atoms with Gasteiger partial charge in [-0.1, -0.05) is 0 Å². The summed E-state index contributed by atoms with van der Waals surface area (Å²) in [6, 6.07) is 3.06. The summed E-state index contributed by atoms with van der Waals surface area (Å²) < 4.78 is 35.3. The van der Waals surface area contributed by atoms with Crippen LogP contribution < -0.4 is 9.62 Å². The molecule has 130 valence electrons. The van der Waals surface area contributed by atoms with E-state index in [0.717, 1.165) is 10.6 Å². The Morgan fingerprint density at radius 1 is 1.33 bits per heavy atom. The Balaban J connectivity index is 2.80. The Hall–Kier alpha value is -1.82. The first-order chi connectivity index (χ1) is 11.1. The highest BCUT2D eigenvalue weighted by Gasteiger charge is 2.27. The molecule has 0 unspecified atom stereocenters. The first-order valence-electron chi connectivity index (χ1n) is 6.62. The standard InChI is InChI=1S/C14H15IN2O6S/c1-16-13(18)11-7-5-8(15)9(17(2)24(4,20)21)6-10(7)23-12(11)14(19)22-3/h5-6H,1-4H3,(H,16,18). The van der Waals surface area contributed by atoms with Gasteiger partial charge in [-0.25, -0.2) is 13.2 Å². The summed E-state index contributed by atoms with van der Waals surface area (Å²) >= 11 is 1.96. The normalized spacial score (nSPS) is 11.4. The van der Waals surface area contributed by atoms with Crippen LogP contribution in [-0.2, 0) is 14.8 Å². The number of amides is 1. The molecule has 0 spiro atoms. The minimum Gasteiger partial charge on any atom is -0.463 e. The van der Waals surface area contributed by atoms with E-state index in [-0.39, 0.29) is 16.9 Å². The lowest BCUT2D eigenvalue weighted by Gasteiger charge is -2.18. The van der Waals surface area contributed by atoms with Crippen LogP contribution in [-0.4, -0.2) is 47.8 Å². The van der Waals surface area contributed by atoms with Crippen molar-refractivity contribution in [3.63, 3.8) is 0 Å². The number of esters is 1. The van der Waals surface area contributed by atoms with Gasteiger partial charge >= 0.3 is 5.97 Å². The summed E-state index contributed by atoms with van der Waals surface area (Å²) in [6.45, 7) is 0. The van der Waals surface area contributed by atoms with E-state index in [1.807, 2.05) is 22.6 Å². The third-order valence-corrected chi connectivity index (χ3v) is 5.47. The first-order valence-corrected chi connectivity index (χ1v) is 9.54. The number of hydrogen-bond donors (Lipinski definition) is 1. The fourth-order valence-electron chi connectivity index (χ4n) is 2.11. The smallest absolute Gasteiger partial charge is 0.374 e. The van der Waals surface area contributed by atoms with Crippen LogP contribution in [0.5, 0.6) is 0 Å². The Labute approximate surface area is 152 Å². The van der Waals surface area contributed by atoms with E-state index in [1.165, 1.54) is 27.3 Å². The number of halogens is 1. The van der Waals surface area contributed by atoms with Crippen LogP contribution >= 0.6 is 22.6 Å². The highest BCUT2D eigenvalue weighted by Crippen LogP contribution is 2.34. The van der Waals surface area contributed by atoms with E-state index in [4.69, 9.17) is 4.42 Å². The highest BCUT2D eigenvalue weighted by molar-refractivity contribution is 14.1. The molecule has 8 nitrogen and oxygen atoms in total. The second-order valence-electron chi connectivity index (χ2n) is 4.91. The summed E-state index contributed by atoms with van der Waals surface area (Å²) in [5.74, 6) is -1.53. The van der Waals surface area contributed by atoms with Crippen molar-refractivity contribution in [2.75, 3.05) is 31.8 Å². The molecule has 0 bridgehead atoms. The van der Waals surface area contributed by atoms with Crippen molar-refractivity contribution in [2.45, 2.75) is 0 Å². The fraction of sp³-hybridized carbons (Fsp3) is 0.286. The van der Waals surface area contributed by atoms with Crippen molar-refractivity contribution in [1.82, 2.24) is 5.32 Å². The summed E-state index contributed by atoms with van der Waals surface area (Å²) in [4.78, 5) is 24.0. The predicted octanol–water partition coefficient (Wildman–Crippen LogP) is 1.58. The number of furan rings is 1. The molecule has 1 aromatic heterocycles. The van der Waals surface area contributed by atoms with E-state index >= 15 is 0 Å². The van der Waals surface area contributed by atoms with Gasteiger partial charge in [-0.3, -0.25) is 9.10 Å². The highest BCUT2D eigenvalue weighted by atomic mass is 127. The van der Waals surface area contributed by atoms with Crippen molar-refractivity contribution in [1.29, 1.82) is 0 Å². The Bertz CT molecular complexity index is 934. The molecule has 2 aromatic rings. The molecule has 0 radical (unpaired) electrons. The average molecular weight is 466 g/mol. The van der Waals surface area contributed by atoms with Crippen LogP contribution in [0.25, 0.3) is 11.0 Å². The molecule has 0 atom stereocenters. The molecule has 1 aromatic carbocycles. The molecular weight excluding hydrogens is 451 g/mol. The summed E-state index contributed by atoms with van der Waals surface area (Å²) in [6.07, 6.45) is 1.07. The van der Waals surface area contributed by atoms with Gasteiger partial charge in [-0.05, 0) is 28.7 Å². The Morgan fingerprint density at radius 3 is 2.46 bits per heavy atom. The van der Waals surface area contributed by atoms with Crippen LogP contribution in [0, 0.1) is 3.57 Å². The molecule has 0 aliphatic rings. The number of hydrogen-bond acceptors (Lipinski definition) is 6. The van der Waals surface area contributed by atoms with Crippen LogP contribution in [0.3, 0.4) is 0 Å². The molecule has 1 heterocycles. The fourth-order valence-corrected chi connectivity index (χ4v) is 3.61. The number of benzene rings is 1. The van der Waals surface area contributed by atoms with Crippen molar-refractivity contribution < 1.29 is 27.2 Å². The molecule has 0 fully saturated rings. The van der Waals surface area contributed by atoms with Crippen molar-refractivity contribution >= 4 is 61.1 Å². The van der Waals surface area contributed by atoms with Gasteiger partial charge in [0.25, 0.3) is 5.91 Å². The van der Waals surface area contributed by atoms with Crippen molar-refractivity contribution in [3.05, 3.63) is 27.0 Å². The zero-order valence-electron chi connectivity index (χ0n) is 13.3. The van der Waals surface area contributed by atoms with Crippen LogP contribution in [0.2, 0.25) is 0 Å². The largest absolute Gasteiger partial charge is 0.463 e. The van der Waals surface area contributed by atoms with Crippen LogP contribution in [0.1, 0.15) is 20.9 Å². The van der Waals surface area contributed by atoms with Gasteiger partial charge in [0.15, 0.2) is 0 Å². The Kier molecular flexibility index (Phi) is 5.08. The van der Waals surface area contributed by atoms with Gasteiger partial charge in [0.05, 0.1) is 19.1 Å². The first kappa shape index (κ1) is 18.5. The van der Waals surface area contributed by atoms with Gasteiger partial charge in [0.2, 0.25) is 15.8 Å². The number of methoxy groups -OCH3 is 1. The van der Waals surface area contributed by atoms with E-state index in [0.29, 0.717) is 14.6 Å². The topological polar surface area (TPSA) is 106 Å². The Morgan fingerprint density at radius 2 is 1.96 bits per heavy atom. The van der Waals surface area contributed by atoms with Gasteiger partial charge in [-0.2, -0.15) is 0 Å². The number of carbonyl (C=O) groups excluding carboxylic acids is 2. The lowest BCUT2D eigenvalue weighted by molar-refractivity contribution is 0.0563. The SMILES string of the molecule is CNC(=O)c1c(C(=O)OC)oc2cc(N(C)S(C)(=O)=O)c(I)cc12. The molecule has 1 amide bonds. The number of ether oxygens (including phenoxy) is 1. The number of anilines is 1. The van der Waals surface area contributed by atoms with Crippen molar-refractivity contribution in [2.24, 2.45) is 0 Å². The summed E-state index contributed by atoms with van der Waals surface area (Å²) in [5, 5.41) is 2.84. The zero-order valence-corrected chi connectivity index (χ0v) is 16.3. The number of carbonyl (C=O) groups is 2. The maximum Gasteiger partial charge on any atom is 0.374 e. The maximum absolute atomic E-state index is 12.1. The predicted molar refractivity (Wildman–Crippen MR) is 96.9 cm³/mol. The minimum absolute atomic E-state index is 0.0471. The van der Waals surface area contributed by atoms with Crippen molar-refractivity contribution in [3.8, 4) is 0 Å². The van der Waals surface area contributed by atoms with E-state index in [1.54, 1.807) is 6.07 Å². The van der Waals surface area contributed by atoms with E-state index in [2.05, 4.69) is 10.1 Å². The monoisotopic (exact) mass is 466 g/mol. The molecular formula is C14H15IN2O6S. The lowest BCUT2D eigenvalue weighted by Crippen LogP contribution is -2.25. The zero-order chi connectivity index (χ0) is 18.2. The summed E-state index contributed by atoms with van der Waals surface area (Å²) in [7, 11) is 0.535. The van der Waals surface area contributed by atoms with Gasteiger partial charge in [-0.15, -0.1) is 0 Å². The van der Waals surface area contributed by atoms with E-state index < -0.39 is 21.9 Å². The number of fused-ring (bicyclic) bond motifs is 1. The third kappa shape index (κ3) is 3.20. The molecule has 0 saturated heterocycles. The quantitative estimate of drug-likeness (QED) is 0.542. The average Bonchev–Trinajstić information content (AvgIpc) is 2.89. The van der Waals surface area contributed by atoms with Gasteiger partial charge in [0.1, 0.15) is 11.1 Å². The second-order valence-corrected chi connectivity index (χ2v) is 8.08. The molecule has 2 rings (SSSR count). The minimum atomic E-state index is -3.48. The van der Waals surface area contributed by atoms with Gasteiger partial charge in [0, 0.05) is 29.1 Å². The molecule has 0 aliphatic heterocycles. The molecule has 24 heavy (non-hydrogen) atoms. The van der Waals surface area contributed by atoms with Gasteiger partial charge < -0.3 is 14.5 Å². The maximum atomic E-state index is 12.1. The summed E-state index contributed by atoms with van der Waals surface area (Å²) in [5.41, 5.74) is 0.630. The number of nitrogens with one attached hydrogen (secondary N) is 1. The molecule has 0 saturated carbocycles.